The normalized spacial score (nSPS) is 15.5. The van der Waals surface area contributed by atoms with Crippen molar-refractivity contribution >= 4 is 5.91 Å². The summed E-state index contributed by atoms with van der Waals surface area (Å²) in [5, 5.41) is 6.24. The van der Waals surface area contributed by atoms with E-state index in [2.05, 4.69) is 22.5 Å². The van der Waals surface area contributed by atoms with E-state index in [9.17, 15) is 4.79 Å². The van der Waals surface area contributed by atoms with Crippen molar-refractivity contribution in [2.24, 2.45) is 0 Å². The number of aryl methyl sites for hydroxylation is 1. The number of nitrogens with one attached hydrogen (secondary N) is 2. The van der Waals surface area contributed by atoms with E-state index in [1.165, 1.54) is 5.56 Å². The van der Waals surface area contributed by atoms with Crippen molar-refractivity contribution in [3.8, 4) is 5.75 Å². The number of hydrogen-bond donors (Lipinski definition) is 2. The van der Waals surface area contributed by atoms with Crippen molar-refractivity contribution in [3.05, 3.63) is 29.8 Å². The molecule has 1 aromatic carbocycles. The van der Waals surface area contributed by atoms with Crippen molar-refractivity contribution in [3.63, 3.8) is 0 Å². The van der Waals surface area contributed by atoms with E-state index >= 15 is 0 Å². The van der Waals surface area contributed by atoms with Gasteiger partial charge in [-0.3, -0.25) is 4.79 Å². The Kier molecular flexibility index (Phi) is 7.19. The van der Waals surface area contributed by atoms with Gasteiger partial charge in [-0.2, -0.15) is 0 Å². The zero-order chi connectivity index (χ0) is 15.6. The second-order valence-corrected chi connectivity index (χ2v) is 5.58. The van der Waals surface area contributed by atoms with E-state index < -0.39 is 0 Å². The topological polar surface area (TPSA) is 53.6 Å². The van der Waals surface area contributed by atoms with Crippen LogP contribution in [0.4, 0.5) is 0 Å². The summed E-state index contributed by atoms with van der Waals surface area (Å²) in [6.45, 7) is 8.29. The van der Waals surface area contributed by atoms with Crippen molar-refractivity contribution in [2.45, 2.75) is 19.8 Å². The van der Waals surface area contributed by atoms with Crippen LogP contribution in [0.2, 0.25) is 0 Å². The van der Waals surface area contributed by atoms with Crippen LogP contribution < -0.4 is 15.4 Å². The summed E-state index contributed by atoms with van der Waals surface area (Å²) in [5.41, 5.74) is 1.27. The minimum Gasteiger partial charge on any atom is -0.484 e. The molecule has 0 spiro atoms. The number of carbonyl (C=O) groups excluding carboxylic acids is 1. The van der Waals surface area contributed by atoms with Crippen LogP contribution in [0, 0.1) is 0 Å². The smallest absolute Gasteiger partial charge is 0.257 e. The summed E-state index contributed by atoms with van der Waals surface area (Å²) in [4.78, 5) is 14.2. The molecule has 22 heavy (non-hydrogen) atoms. The monoisotopic (exact) mass is 305 g/mol. The maximum Gasteiger partial charge on any atom is 0.257 e. The molecule has 1 fully saturated rings. The van der Waals surface area contributed by atoms with Gasteiger partial charge in [0.15, 0.2) is 6.61 Å². The lowest BCUT2D eigenvalue weighted by atomic mass is 10.2. The fraction of sp³-hybridized carbons (Fsp3) is 0.588. The highest BCUT2D eigenvalue weighted by molar-refractivity contribution is 5.77. The van der Waals surface area contributed by atoms with Crippen molar-refractivity contribution < 1.29 is 9.53 Å². The third-order valence-electron chi connectivity index (χ3n) is 3.88. The van der Waals surface area contributed by atoms with Crippen LogP contribution in [0.1, 0.15) is 18.9 Å². The lowest BCUT2D eigenvalue weighted by Gasteiger charge is -2.27. The number of carbonyl (C=O) groups is 1. The van der Waals surface area contributed by atoms with Gasteiger partial charge in [0.1, 0.15) is 5.75 Å². The van der Waals surface area contributed by atoms with E-state index in [4.69, 9.17) is 4.74 Å². The van der Waals surface area contributed by atoms with E-state index in [0.29, 0.717) is 6.54 Å². The second-order valence-electron chi connectivity index (χ2n) is 5.58. The predicted molar refractivity (Wildman–Crippen MR) is 88.3 cm³/mol. The van der Waals surface area contributed by atoms with E-state index in [1.807, 2.05) is 24.3 Å². The Hall–Kier alpha value is -1.59. The Morgan fingerprint density at radius 1 is 1.27 bits per heavy atom. The van der Waals surface area contributed by atoms with E-state index in [-0.39, 0.29) is 12.5 Å². The molecular formula is C17H27N3O2. The SMILES string of the molecule is CCc1ccc(OCC(=O)NCCCN2CCNCC2)cc1. The number of piperazine rings is 1. The molecule has 0 radical (unpaired) electrons. The lowest BCUT2D eigenvalue weighted by molar-refractivity contribution is -0.123. The van der Waals surface area contributed by atoms with Crippen molar-refractivity contribution in [1.29, 1.82) is 0 Å². The molecule has 0 unspecified atom stereocenters. The number of ether oxygens (including phenoxy) is 1. The maximum absolute atomic E-state index is 11.7. The van der Waals surface area contributed by atoms with Crippen LogP contribution in [0.3, 0.4) is 0 Å². The molecule has 0 atom stereocenters. The summed E-state index contributed by atoms with van der Waals surface area (Å²) in [5.74, 6) is 0.688. The van der Waals surface area contributed by atoms with Crippen LogP contribution in [0.25, 0.3) is 0 Å². The quantitative estimate of drug-likeness (QED) is 0.705. The number of amides is 1. The summed E-state index contributed by atoms with van der Waals surface area (Å²) < 4.78 is 5.48. The van der Waals surface area contributed by atoms with Crippen LogP contribution in [0.15, 0.2) is 24.3 Å². The molecule has 1 amide bonds. The fourth-order valence-electron chi connectivity index (χ4n) is 2.49. The van der Waals surface area contributed by atoms with Gasteiger partial charge in [-0.25, -0.2) is 0 Å². The molecule has 0 aromatic heterocycles. The van der Waals surface area contributed by atoms with Gasteiger partial charge in [-0.05, 0) is 37.1 Å². The van der Waals surface area contributed by atoms with Gasteiger partial charge >= 0.3 is 0 Å². The molecule has 5 nitrogen and oxygen atoms in total. The van der Waals surface area contributed by atoms with Gasteiger partial charge in [0.2, 0.25) is 0 Å². The first kappa shape index (κ1) is 16.8. The van der Waals surface area contributed by atoms with Crippen LogP contribution in [0.5, 0.6) is 5.75 Å². The predicted octanol–water partition coefficient (Wildman–Crippen LogP) is 1.04. The molecule has 1 aliphatic heterocycles. The molecular weight excluding hydrogens is 278 g/mol. The van der Waals surface area contributed by atoms with E-state index in [1.54, 1.807) is 0 Å². The molecule has 2 rings (SSSR count). The van der Waals surface area contributed by atoms with Gasteiger partial charge in [0, 0.05) is 32.7 Å². The zero-order valence-electron chi connectivity index (χ0n) is 13.4. The summed E-state index contributed by atoms with van der Waals surface area (Å²) >= 11 is 0. The number of hydrogen-bond acceptors (Lipinski definition) is 4. The summed E-state index contributed by atoms with van der Waals surface area (Å²) in [6.07, 6.45) is 1.99. The summed E-state index contributed by atoms with van der Waals surface area (Å²) in [7, 11) is 0. The molecule has 1 saturated heterocycles. The minimum atomic E-state index is -0.0557. The van der Waals surface area contributed by atoms with Crippen LogP contribution in [-0.2, 0) is 11.2 Å². The Balaban J connectivity index is 1.55. The molecule has 1 aliphatic rings. The average Bonchev–Trinajstić information content (AvgIpc) is 2.58. The van der Waals surface area contributed by atoms with Gasteiger partial charge in [0.05, 0.1) is 0 Å². The molecule has 122 valence electrons. The first-order chi connectivity index (χ1) is 10.8. The Labute approximate surface area is 133 Å². The molecule has 2 N–H and O–H groups in total. The molecule has 1 aromatic rings. The zero-order valence-corrected chi connectivity index (χ0v) is 13.4. The van der Waals surface area contributed by atoms with Gasteiger partial charge < -0.3 is 20.3 Å². The van der Waals surface area contributed by atoms with E-state index in [0.717, 1.165) is 51.3 Å². The summed E-state index contributed by atoms with van der Waals surface area (Å²) in [6, 6.07) is 7.88. The highest BCUT2D eigenvalue weighted by atomic mass is 16.5. The average molecular weight is 305 g/mol. The number of nitrogens with zero attached hydrogens (tertiary/aromatic N) is 1. The standard InChI is InChI=1S/C17H27N3O2/c1-2-15-4-6-16(7-5-15)22-14-17(21)19-8-3-11-20-12-9-18-10-13-20/h4-7,18H,2-3,8-14H2,1H3,(H,19,21). The first-order valence-corrected chi connectivity index (χ1v) is 8.19. The fourth-order valence-corrected chi connectivity index (χ4v) is 2.49. The van der Waals surface area contributed by atoms with Gasteiger partial charge in [-0.1, -0.05) is 19.1 Å². The third-order valence-corrected chi connectivity index (χ3v) is 3.88. The van der Waals surface area contributed by atoms with Crippen LogP contribution >= 0.6 is 0 Å². The highest BCUT2D eigenvalue weighted by Gasteiger charge is 2.08. The molecule has 0 bridgehead atoms. The van der Waals surface area contributed by atoms with Crippen molar-refractivity contribution in [1.82, 2.24) is 15.5 Å². The first-order valence-electron chi connectivity index (χ1n) is 8.19. The molecule has 5 heteroatoms. The highest BCUT2D eigenvalue weighted by Crippen LogP contribution is 2.12. The Bertz CT molecular complexity index is 442. The molecule has 0 aliphatic carbocycles. The number of benzene rings is 1. The Morgan fingerprint density at radius 2 is 2.00 bits per heavy atom. The van der Waals surface area contributed by atoms with Gasteiger partial charge in [0.25, 0.3) is 5.91 Å². The third kappa shape index (κ3) is 6.03. The molecule has 0 saturated carbocycles. The minimum absolute atomic E-state index is 0.0557. The second kappa shape index (κ2) is 9.43. The van der Waals surface area contributed by atoms with Crippen molar-refractivity contribution in [2.75, 3.05) is 45.9 Å². The maximum atomic E-state index is 11.7. The number of rotatable bonds is 8. The largest absolute Gasteiger partial charge is 0.484 e. The van der Waals surface area contributed by atoms with Gasteiger partial charge in [-0.15, -0.1) is 0 Å². The molecule has 1 heterocycles. The van der Waals surface area contributed by atoms with Crippen LogP contribution in [-0.4, -0.2) is 56.7 Å². The lowest BCUT2D eigenvalue weighted by Crippen LogP contribution is -2.44. The Morgan fingerprint density at radius 3 is 2.68 bits per heavy atom.